The lowest BCUT2D eigenvalue weighted by molar-refractivity contribution is 0.214. The lowest BCUT2D eigenvalue weighted by Gasteiger charge is -2.14. The number of allylic oxidation sites excluding steroid dienone is 1. The molecule has 0 radical (unpaired) electrons. The summed E-state index contributed by atoms with van der Waals surface area (Å²) in [6.07, 6.45) is 10.6. The van der Waals surface area contributed by atoms with Gasteiger partial charge in [0.15, 0.2) is 0 Å². The molecule has 0 bridgehead atoms. The van der Waals surface area contributed by atoms with Crippen molar-refractivity contribution >= 4 is 6.21 Å². The van der Waals surface area contributed by atoms with Crippen molar-refractivity contribution in [2.24, 2.45) is 5.16 Å². The summed E-state index contributed by atoms with van der Waals surface area (Å²) in [6.45, 7) is 8.13. The highest BCUT2D eigenvalue weighted by Crippen LogP contribution is 2.28. The van der Waals surface area contributed by atoms with Crippen LogP contribution in [0.3, 0.4) is 0 Å². The maximum Gasteiger partial charge on any atom is 0.125 e. The molecular formula is C27H37NO4. The van der Waals surface area contributed by atoms with Crippen LogP contribution in [0.25, 0.3) is 0 Å². The number of hydrogen-bond acceptors (Lipinski definition) is 5. The van der Waals surface area contributed by atoms with Crippen molar-refractivity contribution < 1.29 is 19.0 Å². The molecule has 5 nitrogen and oxygen atoms in total. The maximum absolute atomic E-state index is 6.05. The normalized spacial score (nSPS) is 11.2. The number of oxime groups is 1. The molecule has 0 aliphatic carbocycles. The molecule has 2 rings (SSSR count). The van der Waals surface area contributed by atoms with Gasteiger partial charge in [-0.2, -0.15) is 0 Å². The number of aryl methyl sites for hydroxylation is 3. The minimum absolute atomic E-state index is 0.588. The van der Waals surface area contributed by atoms with E-state index < -0.39 is 0 Å². The maximum atomic E-state index is 6.05. The van der Waals surface area contributed by atoms with E-state index in [1.54, 1.807) is 13.3 Å². The molecule has 0 saturated carbocycles. The van der Waals surface area contributed by atoms with Crippen LogP contribution in [0.4, 0.5) is 0 Å². The van der Waals surface area contributed by atoms with E-state index in [0.29, 0.717) is 19.8 Å². The zero-order chi connectivity index (χ0) is 23.0. The van der Waals surface area contributed by atoms with Gasteiger partial charge in [-0.1, -0.05) is 29.4 Å². The zero-order valence-corrected chi connectivity index (χ0v) is 19.9. The van der Waals surface area contributed by atoms with Crippen LogP contribution in [-0.4, -0.2) is 33.1 Å². The summed E-state index contributed by atoms with van der Waals surface area (Å²) >= 11 is 0. The van der Waals surface area contributed by atoms with E-state index in [4.69, 9.17) is 14.2 Å². The van der Waals surface area contributed by atoms with Crippen LogP contribution >= 0.6 is 0 Å². The van der Waals surface area contributed by atoms with Gasteiger partial charge in [0.2, 0.25) is 0 Å². The van der Waals surface area contributed by atoms with E-state index in [1.807, 2.05) is 43.3 Å². The minimum atomic E-state index is 0.588. The first-order chi connectivity index (χ1) is 15.6. The fraction of sp³-hybridized carbons (Fsp3) is 0.444. The van der Waals surface area contributed by atoms with E-state index in [0.717, 1.165) is 60.5 Å². The van der Waals surface area contributed by atoms with Gasteiger partial charge in [0.05, 0.1) is 13.2 Å². The molecule has 0 fully saturated rings. The van der Waals surface area contributed by atoms with Crippen molar-refractivity contribution in [3.8, 4) is 17.2 Å². The number of rotatable bonds is 15. The molecular weight excluding hydrogens is 402 g/mol. The van der Waals surface area contributed by atoms with E-state index in [9.17, 15) is 0 Å². The lowest BCUT2D eigenvalue weighted by Crippen LogP contribution is -2.03. The third-order valence-corrected chi connectivity index (χ3v) is 4.96. The molecule has 0 aliphatic rings. The Balaban J connectivity index is 1.65. The van der Waals surface area contributed by atoms with Crippen LogP contribution in [0.15, 0.2) is 53.7 Å². The van der Waals surface area contributed by atoms with E-state index >= 15 is 0 Å². The number of benzene rings is 2. The topological polar surface area (TPSA) is 49.3 Å². The van der Waals surface area contributed by atoms with Gasteiger partial charge in [0.25, 0.3) is 0 Å². The van der Waals surface area contributed by atoms with Crippen molar-refractivity contribution in [2.75, 3.05) is 26.9 Å². The molecule has 0 aromatic heterocycles. The van der Waals surface area contributed by atoms with Crippen LogP contribution in [0.1, 0.15) is 49.3 Å². The molecule has 0 atom stereocenters. The first kappa shape index (κ1) is 25.3. The van der Waals surface area contributed by atoms with Crippen LogP contribution in [0.5, 0.6) is 17.2 Å². The van der Waals surface area contributed by atoms with Crippen molar-refractivity contribution in [1.82, 2.24) is 0 Å². The Morgan fingerprint density at radius 2 is 1.62 bits per heavy atom. The van der Waals surface area contributed by atoms with Crippen molar-refractivity contribution in [3.05, 3.63) is 65.2 Å². The highest BCUT2D eigenvalue weighted by molar-refractivity contribution is 5.56. The zero-order valence-electron chi connectivity index (χ0n) is 19.9. The Morgan fingerprint density at radius 3 is 2.34 bits per heavy atom. The quantitative estimate of drug-likeness (QED) is 0.138. The molecule has 0 N–H and O–H groups in total. The van der Waals surface area contributed by atoms with Crippen LogP contribution < -0.4 is 14.2 Å². The molecule has 2 aromatic carbocycles. The van der Waals surface area contributed by atoms with E-state index in [2.05, 4.69) is 36.0 Å². The molecule has 0 spiro atoms. The first-order valence-electron chi connectivity index (χ1n) is 11.4. The Morgan fingerprint density at radius 1 is 0.875 bits per heavy atom. The summed E-state index contributed by atoms with van der Waals surface area (Å²) in [5, 5.41) is 3.77. The highest BCUT2D eigenvalue weighted by Gasteiger charge is 2.07. The SMILES string of the molecule is C/C=C/COc1cc(C)c(OCCCCCOc2cccc(CCC=NOC)c2)c(C)c1. The summed E-state index contributed by atoms with van der Waals surface area (Å²) in [7, 11) is 1.55. The first-order valence-corrected chi connectivity index (χ1v) is 11.4. The van der Waals surface area contributed by atoms with Crippen LogP contribution in [-0.2, 0) is 11.3 Å². The monoisotopic (exact) mass is 439 g/mol. The molecule has 5 heteroatoms. The Hall–Kier alpha value is -2.95. The van der Waals surface area contributed by atoms with Gasteiger partial charge < -0.3 is 19.0 Å². The predicted molar refractivity (Wildman–Crippen MR) is 131 cm³/mol. The predicted octanol–water partition coefficient (Wildman–Crippen LogP) is 6.45. The molecule has 2 aromatic rings. The standard InChI is InChI=1S/C27H37NO4/c1-5-6-16-31-26-19-22(2)27(23(3)20-26)32-18-9-7-8-17-30-25-14-10-12-24(21-25)13-11-15-28-29-4/h5-6,10,12,14-15,19-21H,7-9,11,13,16-18H2,1-4H3/b6-5+,28-15?. The van der Waals surface area contributed by atoms with Gasteiger partial charge in [0, 0.05) is 6.21 Å². The van der Waals surface area contributed by atoms with Crippen LogP contribution in [0, 0.1) is 13.8 Å². The Labute approximate surface area is 193 Å². The number of hydrogen-bond donors (Lipinski definition) is 0. The van der Waals surface area contributed by atoms with Crippen molar-refractivity contribution in [1.29, 1.82) is 0 Å². The molecule has 0 heterocycles. The van der Waals surface area contributed by atoms with Gasteiger partial charge in [0.1, 0.15) is 31.0 Å². The summed E-state index contributed by atoms with van der Waals surface area (Å²) < 4.78 is 17.7. The molecule has 32 heavy (non-hydrogen) atoms. The third-order valence-electron chi connectivity index (χ3n) is 4.96. The van der Waals surface area contributed by atoms with Crippen molar-refractivity contribution in [3.63, 3.8) is 0 Å². The summed E-state index contributed by atoms with van der Waals surface area (Å²) in [4.78, 5) is 4.68. The second-order valence-electron chi connectivity index (χ2n) is 7.68. The summed E-state index contributed by atoms with van der Waals surface area (Å²) in [5.41, 5.74) is 3.46. The van der Waals surface area contributed by atoms with E-state index in [-0.39, 0.29) is 0 Å². The number of unbranched alkanes of at least 4 members (excludes halogenated alkanes) is 2. The third kappa shape index (κ3) is 9.46. The molecule has 0 aliphatic heterocycles. The number of nitrogens with zero attached hydrogens (tertiary/aromatic N) is 1. The molecule has 174 valence electrons. The average molecular weight is 440 g/mol. The average Bonchev–Trinajstić information content (AvgIpc) is 2.78. The fourth-order valence-corrected chi connectivity index (χ4v) is 3.36. The van der Waals surface area contributed by atoms with E-state index in [1.165, 1.54) is 5.56 Å². The molecule has 0 saturated heterocycles. The van der Waals surface area contributed by atoms with Gasteiger partial charge in [-0.05, 0) is 93.8 Å². The smallest absolute Gasteiger partial charge is 0.125 e. The Bertz CT molecular complexity index is 837. The van der Waals surface area contributed by atoms with Crippen molar-refractivity contribution in [2.45, 2.75) is 52.9 Å². The molecule has 0 amide bonds. The lowest BCUT2D eigenvalue weighted by atomic mass is 10.1. The minimum Gasteiger partial charge on any atom is -0.494 e. The van der Waals surface area contributed by atoms with Gasteiger partial charge in [-0.3, -0.25) is 0 Å². The van der Waals surface area contributed by atoms with Gasteiger partial charge in [-0.15, -0.1) is 0 Å². The van der Waals surface area contributed by atoms with Gasteiger partial charge in [-0.25, -0.2) is 0 Å². The summed E-state index contributed by atoms with van der Waals surface area (Å²) in [6, 6.07) is 12.3. The van der Waals surface area contributed by atoms with Crippen LogP contribution in [0.2, 0.25) is 0 Å². The molecule has 0 unspecified atom stereocenters. The Kier molecular flexibility index (Phi) is 11.8. The van der Waals surface area contributed by atoms with Gasteiger partial charge >= 0.3 is 0 Å². The summed E-state index contributed by atoms with van der Waals surface area (Å²) in [5.74, 6) is 2.77. The number of ether oxygens (including phenoxy) is 3. The second kappa shape index (κ2) is 15.0. The fourth-order valence-electron chi connectivity index (χ4n) is 3.36. The highest BCUT2D eigenvalue weighted by atomic mass is 16.6. The largest absolute Gasteiger partial charge is 0.494 e. The second-order valence-corrected chi connectivity index (χ2v) is 7.68.